The zero-order chi connectivity index (χ0) is 18.5. The minimum Gasteiger partial charge on any atom is -0.430 e. The Morgan fingerprint density at radius 1 is 1.19 bits per heavy atom. The number of hydrogen-bond donors (Lipinski definition) is 0. The van der Waals surface area contributed by atoms with Crippen molar-refractivity contribution in [3.8, 4) is 22.3 Å². The van der Waals surface area contributed by atoms with Gasteiger partial charge in [0.25, 0.3) is 5.19 Å². The largest absolute Gasteiger partial charge is 0.430 e. The van der Waals surface area contributed by atoms with Gasteiger partial charge in [-0.1, -0.05) is 54.9 Å². The highest BCUT2D eigenvalue weighted by Crippen LogP contribution is 2.32. The predicted octanol–water partition coefficient (Wildman–Crippen LogP) is 5.88. The van der Waals surface area contributed by atoms with Crippen LogP contribution in [0.4, 0.5) is 0 Å². The molecule has 2 aromatic carbocycles. The van der Waals surface area contributed by atoms with E-state index in [0.717, 1.165) is 47.0 Å². The molecule has 3 rings (SSSR count). The van der Waals surface area contributed by atoms with Crippen LogP contribution in [0.2, 0.25) is 5.02 Å². The summed E-state index contributed by atoms with van der Waals surface area (Å²) in [5, 5.41) is 1.24. The Kier molecular flexibility index (Phi) is 8.05. The molecule has 0 amide bonds. The summed E-state index contributed by atoms with van der Waals surface area (Å²) in [4.78, 5) is 6.74. The number of aryl methyl sites for hydroxylation is 1. The van der Waals surface area contributed by atoms with Crippen LogP contribution in [0.25, 0.3) is 11.4 Å². The number of nitrogens with zero attached hydrogens (tertiary/aromatic N) is 3. The van der Waals surface area contributed by atoms with Gasteiger partial charge in [0.05, 0.1) is 0 Å². The minimum atomic E-state index is 0. The number of likely N-dealkylation sites (N-methyl/N-ethyl adjacent to an activating group) is 1. The molecule has 1 heterocycles. The molecule has 0 fully saturated rings. The number of benzene rings is 2. The summed E-state index contributed by atoms with van der Waals surface area (Å²) in [6, 6.07) is 13.8. The van der Waals surface area contributed by atoms with Crippen LogP contribution in [-0.4, -0.2) is 34.4 Å². The number of halogens is 2. The van der Waals surface area contributed by atoms with Crippen molar-refractivity contribution in [3.63, 3.8) is 0 Å². The van der Waals surface area contributed by atoms with Crippen molar-refractivity contribution in [1.82, 2.24) is 14.3 Å². The zero-order valence-electron chi connectivity index (χ0n) is 15.6. The Bertz CT molecular complexity index is 871. The summed E-state index contributed by atoms with van der Waals surface area (Å²) in [7, 11) is 2.11. The van der Waals surface area contributed by atoms with E-state index >= 15 is 0 Å². The molecule has 0 aliphatic heterocycles. The molecule has 0 saturated heterocycles. The highest BCUT2D eigenvalue weighted by molar-refractivity contribution is 7.07. The Morgan fingerprint density at radius 2 is 1.93 bits per heavy atom. The number of rotatable bonds is 7. The van der Waals surface area contributed by atoms with E-state index in [-0.39, 0.29) is 12.4 Å². The molecule has 0 N–H and O–H groups in total. The van der Waals surface area contributed by atoms with Gasteiger partial charge in [-0.15, -0.1) is 12.4 Å². The summed E-state index contributed by atoms with van der Waals surface area (Å²) in [6.07, 6.45) is 0.918. The molecule has 0 saturated carbocycles. The van der Waals surface area contributed by atoms with E-state index in [1.165, 1.54) is 11.5 Å². The van der Waals surface area contributed by atoms with Gasteiger partial charge in [-0.25, -0.2) is 0 Å². The molecule has 0 aliphatic rings. The number of aromatic nitrogens is 2. The smallest absolute Gasteiger partial charge is 0.299 e. The average Bonchev–Trinajstić information content (AvgIpc) is 3.12. The zero-order valence-corrected chi connectivity index (χ0v) is 18.0. The summed E-state index contributed by atoms with van der Waals surface area (Å²) in [5.41, 5.74) is 3.16. The SMILES string of the molecule is CCN(C)CCc1cc(C)c(Oc2nc(-c3ccccc3)ns2)cc1Cl.Cl. The summed E-state index contributed by atoms with van der Waals surface area (Å²) in [5.74, 6) is 1.40. The van der Waals surface area contributed by atoms with Gasteiger partial charge in [-0.2, -0.15) is 9.36 Å². The Labute approximate surface area is 175 Å². The van der Waals surface area contributed by atoms with Crippen LogP contribution in [0, 0.1) is 6.92 Å². The Morgan fingerprint density at radius 3 is 2.63 bits per heavy atom. The van der Waals surface area contributed by atoms with Crippen LogP contribution < -0.4 is 4.74 Å². The normalized spacial score (nSPS) is 10.7. The van der Waals surface area contributed by atoms with Crippen molar-refractivity contribution in [2.75, 3.05) is 20.1 Å². The van der Waals surface area contributed by atoms with E-state index in [1.807, 2.05) is 43.3 Å². The molecule has 0 spiro atoms. The lowest BCUT2D eigenvalue weighted by Gasteiger charge is -2.15. The Hall–Kier alpha value is -1.66. The quantitative estimate of drug-likeness (QED) is 0.475. The third-order valence-electron chi connectivity index (χ3n) is 4.28. The molecular weight excluding hydrogens is 401 g/mol. The maximum Gasteiger partial charge on any atom is 0.299 e. The molecule has 0 radical (unpaired) electrons. The second-order valence-electron chi connectivity index (χ2n) is 6.21. The lowest BCUT2D eigenvalue weighted by atomic mass is 10.1. The van der Waals surface area contributed by atoms with Gasteiger partial charge in [-0.05, 0) is 38.1 Å². The molecule has 0 aliphatic carbocycles. The second-order valence-corrected chi connectivity index (χ2v) is 7.33. The fourth-order valence-corrected chi connectivity index (χ4v) is 3.36. The van der Waals surface area contributed by atoms with Crippen molar-refractivity contribution >= 4 is 35.5 Å². The monoisotopic (exact) mass is 423 g/mol. The van der Waals surface area contributed by atoms with Gasteiger partial charge in [0.15, 0.2) is 5.82 Å². The number of ether oxygens (including phenoxy) is 1. The van der Waals surface area contributed by atoms with E-state index in [0.29, 0.717) is 11.0 Å². The summed E-state index contributed by atoms with van der Waals surface area (Å²) < 4.78 is 10.3. The topological polar surface area (TPSA) is 38.2 Å². The van der Waals surface area contributed by atoms with Crippen molar-refractivity contribution in [1.29, 1.82) is 0 Å². The lowest BCUT2D eigenvalue weighted by molar-refractivity contribution is 0.357. The van der Waals surface area contributed by atoms with Gasteiger partial charge in [0.2, 0.25) is 0 Å². The van der Waals surface area contributed by atoms with Crippen LogP contribution in [-0.2, 0) is 6.42 Å². The van der Waals surface area contributed by atoms with Crippen LogP contribution in [0.3, 0.4) is 0 Å². The maximum atomic E-state index is 6.46. The fourth-order valence-electron chi connectivity index (χ4n) is 2.54. The fraction of sp³-hybridized carbons (Fsp3) is 0.300. The molecule has 3 aromatic rings. The van der Waals surface area contributed by atoms with Crippen LogP contribution >= 0.6 is 35.5 Å². The van der Waals surface area contributed by atoms with E-state index in [9.17, 15) is 0 Å². The predicted molar refractivity (Wildman–Crippen MR) is 116 cm³/mol. The van der Waals surface area contributed by atoms with Crippen LogP contribution in [0.1, 0.15) is 18.1 Å². The van der Waals surface area contributed by atoms with Crippen molar-refractivity contribution in [2.24, 2.45) is 0 Å². The summed E-state index contributed by atoms with van der Waals surface area (Å²) >= 11 is 7.71. The first-order valence-corrected chi connectivity index (χ1v) is 9.76. The van der Waals surface area contributed by atoms with Crippen LogP contribution in [0.15, 0.2) is 42.5 Å². The van der Waals surface area contributed by atoms with Crippen molar-refractivity contribution in [3.05, 3.63) is 58.6 Å². The average molecular weight is 424 g/mol. The molecule has 1 aromatic heterocycles. The minimum absolute atomic E-state index is 0. The molecular formula is C20H23Cl2N3OS. The van der Waals surface area contributed by atoms with Crippen molar-refractivity contribution in [2.45, 2.75) is 20.3 Å². The lowest BCUT2D eigenvalue weighted by Crippen LogP contribution is -2.20. The van der Waals surface area contributed by atoms with Crippen molar-refractivity contribution < 1.29 is 4.74 Å². The third-order valence-corrected chi connectivity index (χ3v) is 5.23. The first-order valence-electron chi connectivity index (χ1n) is 8.61. The molecule has 27 heavy (non-hydrogen) atoms. The van der Waals surface area contributed by atoms with Gasteiger partial charge in [-0.3, -0.25) is 0 Å². The first-order chi connectivity index (χ1) is 12.6. The van der Waals surface area contributed by atoms with E-state index in [2.05, 4.69) is 34.3 Å². The Balaban J connectivity index is 0.00000261. The van der Waals surface area contributed by atoms with E-state index in [1.54, 1.807) is 0 Å². The molecule has 144 valence electrons. The summed E-state index contributed by atoms with van der Waals surface area (Å²) in [6.45, 7) is 6.18. The van der Waals surface area contributed by atoms with Gasteiger partial charge in [0, 0.05) is 34.7 Å². The van der Waals surface area contributed by atoms with E-state index < -0.39 is 0 Å². The van der Waals surface area contributed by atoms with Gasteiger partial charge in [0.1, 0.15) is 5.75 Å². The maximum absolute atomic E-state index is 6.46. The van der Waals surface area contributed by atoms with Gasteiger partial charge >= 0.3 is 0 Å². The molecule has 0 unspecified atom stereocenters. The van der Waals surface area contributed by atoms with Gasteiger partial charge < -0.3 is 9.64 Å². The number of hydrogen-bond acceptors (Lipinski definition) is 5. The standard InChI is InChI=1S/C20H22ClN3OS.ClH/c1-4-24(3)11-10-16-12-14(2)18(13-17(16)21)25-20-22-19(23-26-20)15-8-6-5-7-9-15;/h5-9,12-13H,4,10-11H2,1-3H3;1H. The second kappa shape index (κ2) is 10.0. The highest BCUT2D eigenvalue weighted by Gasteiger charge is 2.12. The highest BCUT2D eigenvalue weighted by atomic mass is 35.5. The van der Waals surface area contributed by atoms with E-state index in [4.69, 9.17) is 16.3 Å². The first kappa shape index (κ1) is 21.6. The molecule has 7 heteroatoms. The molecule has 0 bridgehead atoms. The molecule has 4 nitrogen and oxygen atoms in total. The molecule has 0 atom stereocenters. The third kappa shape index (κ3) is 5.66. The van der Waals surface area contributed by atoms with Crippen LogP contribution in [0.5, 0.6) is 10.9 Å².